The smallest absolute Gasteiger partial charge is 0.305 e. The van der Waals surface area contributed by atoms with Crippen molar-refractivity contribution >= 4 is 23.7 Å². The molecule has 0 unspecified atom stereocenters. The summed E-state index contributed by atoms with van der Waals surface area (Å²) in [5.74, 6) is -1.48. The van der Waals surface area contributed by atoms with Crippen LogP contribution in [0.5, 0.6) is 0 Å². The number of aliphatic imine (C=N–C) groups is 1. The standard InChI is InChI=1S/C31H35FN4O4/c1-17(2)29-26(13-11-22(37)15-23(38)16-27(39)40)28(18-6-8-20(32)9-7-18)25-5-3-4-19-14-21(35-31(33)34)10-12-24(19)30(25)36-29/h6-14,17,22-23,37-38H,3-5,15-16H2,1-2H3,(H,39,40)(H4,33,34,35)/t22-,23-/m1/s1. The van der Waals surface area contributed by atoms with Gasteiger partial charge in [0, 0.05) is 17.5 Å². The van der Waals surface area contributed by atoms with Crippen LogP contribution in [0.4, 0.5) is 10.1 Å². The van der Waals surface area contributed by atoms with Crippen molar-refractivity contribution in [2.45, 2.75) is 64.1 Å². The van der Waals surface area contributed by atoms with Gasteiger partial charge >= 0.3 is 5.97 Å². The Kier molecular flexibility index (Phi) is 8.96. The van der Waals surface area contributed by atoms with Crippen molar-refractivity contribution in [2.75, 3.05) is 0 Å². The summed E-state index contributed by atoms with van der Waals surface area (Å²) in [5, 5.41) is 29.5. The third kappa shape index (κ3) is 6.73. The maximum absolute atomic E-state index is 14.0. The molecule has 0 saturated heterocycles. The normalized spacial score (nSPS) is 14.3. The summed E-state index contributed by atoms with van der Waals surface area (Å²) in [7, 11) is 0. The molecule has 2 atom stereocenters. The molecule has 0 radical (unpaired) electrons. The van der Waals surface area contributed by atoms with Gasteiger partial charge in [0.05, 0.1) is 35.7 Å². The molecule has 210 valence electrons. The van der Waals surface area contributed by atoms with E-state index in [0.29, 0.717) is 5.69 Å². The topological polar surface area (TPSA) is 155 Å². The number of halogens is 1. The summed E-state index contributed by atoms with van der Waals surface area (Å²) in [6, 6.07) is 12.2. The summed E-state index contributed by atoms with van der Waals surface area (Å²) < 4.78 is 14.0. The van der Waals surface area contributed by atoms with E-state index < -0.39 is 24.6 Å². The van der Waals surface area contributed by atoms with E-state index >= 15 is 0 Å². The third-order valence-corrected chi connectivity index (χ3v) is 6.93. The molecule has 9 heteroatoms. The average Bonchev–Trinajstić information content (AvgIpc) is 3.05. The van der Waals surface area contributed by atoms with E-state index in [2.05, 4.69) is 4.99 Å². The lowest BCUT2D eigenvalue weighted by molar-refractivity contribution is -0.139. The molecule has 0 bridgehead atoms. The van der Waals surface area contributed by atoms with Gasteiger partial charge in [0.25, 0.3) is 0 Å². The molecule has 0 spiro atoms. The van der Waals surface area contributed by atoms with Crippen LogP contribution in [0.2, 0.25) is 0 Å². The Morgan fingerprint density at radius 1 is 1.12 bits per heavy atom. The van der Waals surface area contributed by atoms with Gasteiger partial charge in [-0.3, -0.25) is 9.78 Å². The number of hydrogen-bond acceptors (Lipinski definition) is 5. The molecule has 2 aromatic carbocycles. The molecule has 1 aliphatic carbocycles. The number of nitrogens with two attached hydrogens (primary N) is 2. The van der Waals surface area contributed by atoms with Crippen LogP contribution in [-0.2, 0) is 17.6 Å². The summed E-state index contributed by atoms with van der Waals surface area (Å²) in [6.45, 7) is 4.07. The zero-order chi connectivity index (χ0) is 29.0. The lowest BCUT2D eigenvalue weighted by atomic mass is 9.86. The van der Waals surface area contributed by atoms with Crippen LogP contribution < -0.4 is 11.5 Å². The van der Waals surface area contributed by atoms with Crippen molar-refractivity contribution in [1.82, 2.24) is 4.98 Å². The Labute approximate surface area is 232 Å². The highest BCUT2D eigenvalue weighted by Crippen LogP contribution is 2.42. The van der Waals surface area contributed by atoms with E-state index in [9.17, 15) is 19.4 Å². The first-order chi connectivity index (χ1) is 19.0. The highest BCUT2D eigenvalue weighted by Gasteiger charge is 2.25. The molecular weight excluding hydrogens is 511 g/mol. The van der Waals surface area contributed by atoms with Gasteiger partial charge in [0.1, 0.15) is 5.82 Å². The Hall–Kier alpha value is -4.08. The summed E-state index contributed by atoms with van der Waals surface area (Å²) >= 11 is 0. The van der Waals surface area contributed by atoms with Crippen molar-refractivity contribution in [2.24, 2.45) is 16.5 Å². The summed E-state index contributed by atoms with van der Waals surface area (Å²) in [4.78, 5) is 20.3. The van der Waals surface area contributed by atoms with E-state index in [-0.39, 0.29) is 24.1 Å². The first kappa shape index (κ1) is 28.9. The first-order valence-corrected chi connectivity index (χ1v) is 13.3. The van der Waals surface area contributed by atoms with Gasteiger partial charge in [0.15, 0.2) is 5.96 Å². The number of aryl methyl sites for hydroxylation is 1. The average molecular weight is 547 g/mol. The first-order valence-electron chi connectivity index (χ1n) is 13.3. The largest absolute Gasteiger partial charge is 0.481 e. The molecule has 0 amide bonds. The minimum atomic E-state index is -1.18. The lowest BCUT2D eigenvalue weighted by Gasteiger charge is -2.22. The van der Waals surface area contributed by atoms with Gasteiger partial charge in [-0.15, -0.1) is 0 Å². The number of nitrogens with zero attached hydrogens (tertiary/aromatic N) is 2. The number of carboxylic acids is 1. The predicted octanol–water partition coefficient (Wildman–Crippen LogP) is 4.67. The lowest BCUT2D eigenvalue weighted by Crippen LogP contribution is -2.21. The van der Waals surface area contributed by atoms with Crippen LogP contribution in [-0.4, -0.2) is 44.4 Å². The number of rotatable bonds is 9. The number of benzene rings is 2. The fourth-order valence-corrected chi connectivity index (χ4v) is 5.22. The van der Waals surface area contributed by atoms with Crippen LogP contribution in [0.3, 0.4) is 0 Å². The zero-order valence-corrected chi connectivity index (χ0v) is 22.6. The van der Waals surface area contributed by atoms with Gasteiger partial charge in [-0.2, -0.15) is 0 Å². The zero-order valence-electron chi connectivity index (χ0n) is 22.6. The highest BCUT2D eigenvalue weighted by atomic mass is 19.1. The molecule has 1 aromatic heterocycles. The number of fused-ring (bicyclic) bond motifs is 3. The van der Waals surface area contributed by atoms with Crippen molar-refractivity contribution in [3.05, 3.63) is 76.7 Å². The SMILES string of the molecule is CC(C)c1nc2c(c(-c3ccc(F)cc3)c1C=C[C@@H](O)C[C@@H](O)CC(=O)O)CCCc1cc(N=C(N)N)ccc1-2. The summed E-state index contributed by atoms with van der Waals surface area (Å²) in [6.07, 6.45) is 2.89. The van der Waals surface area contributed by atoms with E-state index in [1.54, 1.807) is 24.3 Å². The van der Waals surface area contributed by atoms with Crippen LogP contribution in [0.15, 0.2) is 53.5 Å². The van der Waals surface area contributed by atoms with Crippen LogP contribution in [0, 0.1) is 5.82 Å². The highest BCUT2D eigenvalue weighted by molar-refractivity contribution is 5.86. The van der Waals surface area contributed by atoms with E-state index in [4.69, 9.17) is 21.6 Å². The monoisotopic (exact) mass is 546 g/mol. The quantitative estimate of drug-likeness (QED) is 0.193. The maximum atomic E-state index is 14.0. The van der Waals surface area contributed by atoms with Crippen molar-refractivity contribution < 1.29 is 24.5 Å². The number of carbonyl (C=O) groups is 1. The van der Waals surface area contributed by atoms with Crippen molar-refractivity contribution in [3.8, 4) is 22.4 Å². The van der Waals surface area contributed by atoms with E-state index in [1.807, 2.05) is 32.0 Å². The molecule has 0 saturated carbocycles. The number of carboxylic acid groups (broad SMARTS) is 1. The molecule has 1 aliphatic rings. The fraction of sp³-hybridized carbons (Fsp3) is 0.323. The van der Waals surface area contributed by atoms with Gasteiger partial charge < -0.3 is 26.8 Å². The molecule has 1 heterocycles. The number of pyridine rings is 1. The molecule has 7 N–H and O–H groups in total. The van der Waals surface area contributed by atoms with Crippen LogP contribution in [0.25, 0.3) is 28.5 Å². The second-order valence-electron chi connectivity index (χ2n) is 10.4. The van der Waals surface area contributed by atoms with Crippen LogP contribution >= 0.6 is 0 Å². The van der Waals surface area contributed by atoms with Gasteiger partial charge in [0.2, 0.25) is 0 Å². The molecule has 0 aliphatic heterocycles. The number of guanidine groups is 1. The Morgan fingerprint density at radius 2 is 1.85 bits per heavy atom. The van der Waals surface area contributed by atoms with Crippen molar-refractivity contribution in [1.29, 1.82) is 0 Å². The number of aliphatic hydroxyl groups is 2. The number of hydrogen-bond donors (Lipinski definition) is 5. The van der Waals surface area contributed by atoms with Gasteiger partial charge in [-0.1, -0.05) is 44.2 Å². The second-order valence-corrected chi connectivity index (χ2v) is 10.4. The molecule has 40 heavy (non-hydrogen) atoms. The Bertz CT molecular complexity index is 1450. The Morgan fingerprint density at radius 3 is 2.50 bits per heavy atom. The second kappa shape index (κ2) is 12.4. The van der Waals surface area contributed by atoms with Crippen LogP contribution in [0.1, 0.15) is 61.4 Å². The number of aliphatic hydroxyl groups excluding tert-OH is 2. The molecule has 3 aromatic rings. The third-order valence-electron chi connectivity index (χ3n) is 6.93. The minimum absolute atomic E-state index is 0.00602. The van der Waals surface area contributed by atoms with E-state index in [0.717, 1.165) is 64.0 Å². The van der Waals surface area contributed by atoms with Gasteiger partial charge in [-0.05, 0) is 71.7 Å². The summed E-state index contributed by atoms with van der Waals surface area (Å²) in [5.41, 5.74) is 19.1. The number of aliphatic carboxylic acids is 1. The maximum Gasteiger partial charge on any atom is 0.305 e. The Balaban J connectivity index is 1.91. The van der Waals surface area contributed by atoms with E-state index in [1.165, 1.54) is 12.1 Å². The predicted molar refractivity (Wildman–Crippen MR) is 155 cm³/mol. The number of aromatic nitrogens is 1. The fourth-order valence-electron chi connectivity index (χ4n) is 5.22. The molecular formula is C31H35FN4O4. The van der Waals surface area contributed by atoms with Crippen molar-refractivity contribution in [3.63, 3.8) is 0 Å². The molecule has 0 fully saturated rings. The minimum Gasteiger partial charge on any atom is -0.481 e. The molecule has 4 rings (SSSR count). The van der Waals surface area contributed by atoms with Gasteiger partial charge in [-0.25, -0.2) is 9.38 Å². The molecule has 8 nitrogen and oxygen atoms in total.